The Kier molecular flexibility index (Phi) is 5.17. The smallest absolute Gasteiger partial charge is 0.244 e. The van der Waals surface area contributed by atoms with Crippen molar-refractivity contribution in [3.8, 4) is 5.69 Å². The molecule has 8 nitrogen and oxygen atoms in total. The second-order valence-corrected chi connectivity index (χ2v) is 9.58. The number of hydrogen-bond acceptors (Lipinski definition) is 7. The van der Waals surface area contributed by atoms with Crippen LogP contribution >= 0.6 is 11.8 Å². The second kappa shape index (κ2) is 7.61. The third kappa shape index (κ3) is 3.54. The molecule has 0 atom stereocenters. The summed E-state index contributed by atoms with van der Waals surface area (Å²) in [7, 11) is -3.46. The van der Waals surface area contributed by atoms with Crippen LogP contribution in [-0.2, 0) is 10.0 Å². The van der Waals surface area contributed by atoms with Crippen LogP contribution in [0.3, 0.4) is 0 Å². The maximum absolute atomic E-state index is 12.6. The second-order valence-electron chi connectivity index (χ2n) is 6.66. The van der Waals surface area contributed by atoms with Crippen LogP contribution < -0.4 is 0 Å². The molecular formula is C18H20N6O2S2. The van der Waals surface area contributed by atoms with Gasteiger partial charge in [0.25, 0.3) is 0 Å². The Morgan fingerprint density at radius 3 is 2.39 bits per heavy atom. The highest BCUT2D eigenvalue weighted by Crippen LogP contribution is 2.29. The van der Waals surface area contributed by atoms with Crippen LogP contribution in [-0.4, -0.2) is 51.0 Å². The zero-order chi connectivity index (χ0) is 19.7. The predicted molar refractivity (Wildman–Crippen MR) is 105 cm³/mol. The van der Waals surface area contributed by atoms with Crippen molar-refractivity contribution < 1.29 is 8.42 Å². The molecule has 1 saturated heterocycles. The van der Waals surface area contributed by atoms with Crippen molar-refractivity contribution in [1.82, 2.24) is 29.5 Å². The molecule has 3 heterocycles. The Balaban J connectivity index is 1.59. The van der Waals surface area contributed by atoms with Gasteiger partial charge in [-0.25, -0.2) is 13.4 Å². The van der Waals surface area contributed by atoms with E-state index in [1.54, 1.807) is 16.8 Å². The van der Waals surface area contributed by atoms with E-state index in [-0.39, 0.29) is 4.90 Å². The standard InChI is InChI=1S/C18H20N6O2S2/c1-13-6-5-7-14(2)17(13)24-18(20-21-22-24)27-16-9-8-15(12-19-16)28(25,26)23-10-3-4-11-23/h5-9,12H,3-4,10-11H2,1-2H3. The zero-order valence-electron chi connectivity index (χ0n) is 15.6. The van der Waals surface area contributed by atoms with E-state index in [0.29, 0.717) is 23.3 Å². The topological polar surface area (TPSA) is 93.9 Å². The van der Waals surface area contributed by atoms with Crippen LogP contribution in [0, 0.1) is 13.8 Å². The average molecular weight is 417 g/mol. The number of nitrogens with zero attached hydrogens (tertiary/aromatic N) is 6. The first-order chi connectivity index (χ1) is 13.5. The monoisotopic (exact) mass is 416 g/mol. The highest BCUT2D eigenvalue weighted by Gasteiger charge is 2.27. The van der Waals surface area contributed by atoms with Crippen molar-refractivity contribution in [1.29, 1.82) is 0 Å². The summed E-state index contributed by atoms with van der Waals surface area (Å²) in [6.45, 7) is 5.16. The molecule has 4 rings (SSSR count). The maximum atomic E-state index is 12.6. The lowest BCUT2D eigenvalue weighted by molar-refractivity contribution is 0.477. The molecule has 1 aromatic carbocycles. The van der Waals surface area contributed by atoms with Crippen LogP contribution in [0.2, 0.25) is 0 Å². The molecule has 0 unspecified atom stereocenters. The van der Waals surface area contributed by atoms with Gasteiger partial charge < -0.3 is 0 Å². The Labute approximate surface area is 168 Å². The van der Waals surface area contributed by atoms with Gasteiger partial charge in [0.2, 0.25) is 15.2 Å². The zero-order valence-corrected chi connectivity index (χ0v) is 17.2. The van der Waals surface area contributed by atoms with Crippen molar-refractivity contribution in [3.05, 3.63) is 47.7 Å². The molecule has 0 aliphatic carbocycles. The van der Waals surface area contributed by atoms with Crippen LogP contribution in [0.4, 0.5) is 0 Å². The van der Waals surface area contributed by atoms with Gasteiger partial charge >= 0.3 is 0 Å². The summed E-state index contributed by atoms with van der Waals surface area (Å²) in [5, 5.41) is 13.2. The largest absolute Gasteiger partial charge is 0.248 e. The first-order valence-corrected chi connectivity index (χ1v) is 11.2. The number of benzene rings is 1. The molecule has 28 heavy (non-hydrogen) atoms. The quantitative estimate of drug-likeness (QED) is 0.631. The Bertz CT molecular complexity index is 1070. The van der Waals surface area contributed by atoms with Crippen molar-refractivity contribution in [3.63, 3.8) is 0 Å². The molecule has 1 fully saturated rings. The molecule has 0 N–H and O–H groups in total. The van der Waals surface area contributed by atoms with Crippen LogP contribution in [0.5, 0.6) is 0 Å². The summed E-state index contributed by atoms with van der Waals surface area (Å²) < 4.78 is 28.4. The fraction of sp³-hybridized carbons (Fsp3) is 0.333. The number of aromatic nitrogens is 5. The van der Waals surface area contributed by atoms with Crippen molar-refractivity contribution in [2.24, 2.45) is 0 Å². The van der Waals surface area contributed by atoms with E-state index in [1.807, 2.05) is 32.0 Å². The number of para-hydroxylation sites is 1. The first-order valence-electron chi connectivity index (χ1n) is 8.96. The minimum Gasteiger partial charge on any atom is -0.248 e. The number of aryl methyl sites for hydroxylation is 2. The van der Waals surface area contributed by atoms with Crippen molar-refractivity contribution in [2.75, 3.05) is 13.1 Å². The van der Waals surface area contributed by atoms with E-state index in [9.17, 15) is 8.42 Å². The van der Waals surface area contributed by atoms with Gasteiger partial charge in [0.1, 0.15) is 9.92 Å². The van der Waals surface area contributed by atoms with Gasteiger partial charge in [-0.1, -0.05) is 18.2 Å². The van der Waals surface area contributed by atoms with Gasteiger partial charge in [-0.15, -0.1) is 5.10 Å². The number of pyridine rings is 1. The van der Waals surface area contributed by atoms with E-state index < -0.39 is 10.0 Å². The molecule has 1 aliphatic rings. The lowest BCUT2D eigenvalue weighted by Crippen LogP contribution is -2.27. The SMILES string of the molecule is Cc1cccc(C)c1-n1nnnc1Sc1ccc(S(=O)(=O)N2CCCC2)cn1. The highest BCUT2D eigenvalue weighted by molar-refractivity contribution is 7.99. The maximum Gasteiger partial charge on any atom is 0.244 e. The van der Waals surface area contributed by atoms with Gasteiger partial charge in [-0.3, -0.25) is 0 Å². The summed E-state index contributed by atoms with van der Waals surface area (Å²) >= 11 is 1.29. The minimum absolute atomic E-state index is 0.216. The molecule has 3 aromatic rings. The molecule has 10 heteroatoms. The number of hydrogen-bond donors (Lipinski definition) is 0. The summed E-state index contributed by atoms with van der Waals surface area (Å²) in [6.07, 6.45) is 3.21. The van der Waals surface area contributed by atoms with Crippen LogP contribution in [0.1, 0.15) is 24.0 Å². The fourth-order valence-electron chi connectivity index (χ4n) is 3.27. The Morgan fingerprint density at radius 2 is 1.75 bits per heavy atom. The summed E-state index contributed by atoms with van der Waals surface area (Å²) in [6, 6.07) is 9.29. The van der Waals surface area contributed by atoms with E-state index in [2.05, 4.69) is 20.5 Å². The molecule has 2 aromatic heterocycles. The normalized spacial score (nSPS) is 15.2. The molecule has 0 spiro atoms. The van der Waals surface area contributed by atoms with Gasteiger partial charge in [0, 0.05) is 19.3 Å². The summed E-state index contributed by atoms with van der Waals surface area (Å²) in [5.74, 6) is 0. The summed E-state index contributed by atoms with van der Waals surface area (Å²) in [4.78, 5) is 4.53. The fourth-order valence-corrected chi connectivity index (χ4v) is 5.46. The van der Waals surface area contributed by atoms with Gasteiger partial charge in [-0.2, -0.15) is 8.99 Å². The number of rotatable bonds is 5. The van der Waals surface area contributed by atoms with Crippen LogP contribution in [0.25, 0.3) is 5.69 Å². The van der Waals surface area contributed by atoms with E-state index in [0.717, 1.165) is 29.7 Å². The lowest BCUT2D eigenvalue weighted by atomic mass is 10.1. The molecule has 0 radical (unpaired) electrons. The van der Waals surface area contributed by atoms with E-state index >= 15 is 0 Å². The van der Waals surface area contributed by atoms with Gasteiger partial charge in [0.05, 0.1) is 5.69 Å². The van der Waals surface area contributed by atoms with Crippen molar-refractivity contribution >= 4 is 21.8 Å². The molecule has 0 saturated carbocycles. The number of sulfonamides is 1. The molecule has 1 aliphatic heterocycles. The van der Waals surface area contributed by atoms with Crippen LogP contribution in [0.15, 0.2) is 51.6 Å². The first kappa shape index (κ1) is 19.0. The summed E-state index contributed by atoms with van der Waals surface area (Å²) in [5.41, 5.74) is 3.06. The van der Waals surface area contributed by atoms with E-state index in [1.165, 1.54) is 22.3 Å². The molecule has 0 bridgehead atoms. The Morgan fingerprint density at radius 1 is 1.04 bits per heavy atom. The lowest BCUT2D eigenvalue weighted by Gasteiger charge is -2.15. The van der Waals surface area contributed by atoms with Crippen molar-refractivity contribution in [2.45, 2.75) is 41.8 Å². The molecule has 146 valence electrons. The predicted octanol–water partition coefficient (Wildman–Crippen LogP) is 2.61. The number of tetrazole rings is 1. The Hall–Kier alpha value is -2.30. The van der Waals surface area contributed by atoms with Gasteiger partial charge in [0.15, 0.2) is 0 Å². The minimum atomic E-state index is -3.46. The highest BCUT2D eigenvalue weighted by atomic mass is 32.2. The third-order valence-electron chi connectivity index (χ3n) is 4.70. The third-order valence-corrected chi connectivity index (χ3v) is 7.47. The molecule has 0 amide bonds. The molecular weight excluding hydrogens is 396 g/mol. The van der Waals surface area contributed by atoms with Gasteiger partial charge in [-0.05, 0) is 72.1 Å². The average Bonchev–Trinajstić information content (AvgIpc) is 3.35. The van der Waals surface area contributed by atoms with E-state index in [4.69, 9.17) is 0 Å².